The molecule has 25 heavy (non-hydrogen) atoms. The Labute approximate surface area is 149 Å². The summed E-state index contributed by atoms with van der Waals surface area (Å²) in [6.07, 6.45) is 6.56. The van der Waals surface area contributed by atoms with Crippen molar-refractivity contribution in [3.8, 4) is 11.1 Å². The predicted octanol–water partition coefficient (Wildman–Crippen LogP) is 6.53. The van der Waals surface area contributed by atoms with Crippen LogP contribution in [0.5, 0.6) is 0 Å². The van der Waals surface area contributed by atoms with Crippen molar-refractivity contribution in [2.45, 2.75) is 12.8 Å². The summed E-state index contributed by atoms with van der Waals surface area (Å²) in [5, 5.41) is 3.64. The van der Waals surface area contributed by atoms with Crippen molar-refractivity contribution >= 4 is 11.3 Å². The highest BCUT2D eigenvalue weighted by Gasteiger charge is 2.10. The molecular weight excluding hydrogens is 302 g/mol. The average molecular weight is 323 g/mol. The number of para-hydroxylation sites is 1. The average Bonchev–Trinajstić information content (AvgIpc) is 2.70. The first-order chi connectivity index (χ1) is 12.4. The van der Waals surface area contributed by atoms with Gasteiger partial charge in [0.25, 0.3) is 0 Å². The van der Waals surface area contributed by atoms with E-state index in [0.717, 1.165) is 18.5 Å². The lowest BCUT2D eigenvalue weighted by Gasteiger charge is -2.19. The molecule has 0 amide bonds. The van der Waals surface area contributed by atoms with Crippen LogP contribution in [-0.2, 0) is 0 Å². The van der Waals surface area contributed by atoms with E-state index >= 15 is 0 Å². The SMILES string of the molecule is C1=C(Nc2ccccc2-c2ccccc2)CCC(c2ccccc2)=C1. The summed E-state index contributed by atoms with van der Waals surface area (Å²) in [6.45, 7) is 0. The number of nitrogens with one attached hydrogen (secondary N) is 1. The first-order valence-corrected chi connectivity index (χ1v) is 8.77. The Hall–Kier alpha value is -3.06. The van der Waals surface area contributed by atoms with Gasteiger partial charge in [-0.15, -0.1) is 0 Å². The van der Waals surface area contributed by atoms with E-state index in [0.29, 0.717) is 0 Å². The summed E-state index contributed by atoms with van der Waals surface area (Å²) in [5.74, 6) is 0. The molecule has 1 nitrogen and oxygen atoms in total. The number of anilines is 1. The molecule has 4 rings (SSSR count). The van der Waals surface area contributed by atoms with Crippen LogP contribution in [0.25, 0.3) is 16.7 Å². The summed E-state index contributed by atoms with van der Waals surface area (Å²) in [4.78, 5) is 0. The molecule has 1 aliphatic carbocycles. The number of benzene rings is 3. The molecular formula is C24H21N. The first kappa shape index (κ1) is 15.5. The molecule has 0 bridgehead atoms. The molecule has 0 atom stereocenters. The molecule has 0 saturated heterocycles. The third kappa shape index (κ3) is 3.56. The van der Waals surface area contributed by atoms with Gasteiger partial charge in [-0.25, -0.2) is 0 Å². The minimum atomic E-state index is 1.03. The van der Waals surface area contributed by atoms with Gasteiger partial charge in [-0.3, -0.25) is 0 Å². The van der Waals surface area contributed by atoms with Crippen LogP contribution < -0.4 is 5.32 Å². The Morgan fingerprint density at radius 3 is 1.88 bits per heavy atom. The standard InChI is InChI=1S/C24H21N/c1-3-9-19(10-4-1)20-15-17-22(18-16-20)25-24-14-8-7-13-23(24)21-11-5-2-6-12-21/h1-15,17,25H,16,18H2. The van der Waals surface area contributed by atoms with Crippen LogP contribution in [0.3, 0.4) is 0 Å². The van der Waals surface area contributed by atoms with Crippen molar-refractivity contribution in [2.75, 3.05) is 5.32 Å². The molecule has 0 heterocycles. The molecule has 0 unspecified atom stereocenters. The van der Waals surface area contributed by atoms with E-state index < -0.39 is 0 Å². The smallest absolute Gasteiger partial charge is 0.0461 e. The predicted molar refractivity (Wildman–Crippen MR) is 107 cm³/mol. The normalized spacial score (nSPS) is 13.8. The fourth-order valence-corrected chi connectivity index (χ4v) is 3.27. The Morgan fingerprint density at radius 2 is 1.20 bits per heavy atom. The minimum Gasteiger partial charge on any atom is -0.358 e. The molecule has 122 valence electrons. The largest absolute Gasteiger partial charge is 0.358 e. The highest BCUT2D eigenvalue weighted by Crippen LogP contribution is 2.31. The molecule has 0 aromatic heterocycles. The summed E-state index contributed by atoms with van der Waals surface area (Å²) in [6, 6.07) is 29.7. The van der Waals surface area contributed by atoms with Crippen molar-refractivity contribution in [1.29, 1.82) is 0 Å². The Morgan fingerprint density at radius 1 is 0.560 bits per heavy atom. The highest BCUT2D eigenvalue weighted by molar-refractivity contribution is 5.79. The van der Waals surface area contributed by atoms with Crippen molar-refractivity contribution in [1.82, 2.24) is 0 Å². The van der Waals surface area contributed by atoms with Gasteiger partial charge in [0.1, 0.15) is 0 Å². The van der Waals surface area contributed by atoms with Crippen LogP contribution in [-0.4, -0.2) is 0 Å². The van der Waals surface area contributed by atoms with E-state index in [1.54, 1.807) is 0 Å². The van der Waals surface area contributed by atoms with Gasteiger partial charge in [0, 0.05) is 16.9 Å². The van der Waals surface area contributed by atoms with E-state index in [9.17, 15) is 0 Å². The van der Waals surface area contributed by atoms with Crippen LogP contribution in [0.15, 0.2) is 103 Å². The van der Waals surface area contributed by atoms with Crippen molar-refractivity contribution in [2.24, 2.45) is 0 Å². The summed E-state index contributed by atoms with van der Waals surface area (Å²) >= 11 is 0. The van der Waals surface area contributed by atoms with Gasteiger partial charge in [-0.05, 0) is 41.7 Å². The fraction of sp³-hybridized carbons (Fsp3) is 0.0833. The maximum absolute atomic E-state index is 3.64. The summed E-state index contributed by atoms with van der Waals surface area (Å²) in [7, 11) is 0. The van der Waals surface area contributed by atoms with Crippen LogP contribution in [0, 0.1) is 0 Å². The van der Waals surface area contributed by atoms with Crippen LogP contribution in [0.4, 0.5) is 5.69 Å². The molecule has 3 aromatic carbocycles. The van der Waals surface area contributed by atoms with E-state index in [4.69, 9.17) is 0 Å². The molecule has 1 N–H and O–H groups in total. The van der Waals surface area contributed by atoms with Crippen LogP contribution in [0.1, 0.15) is 18.4 Å². The molecule has 0 fully saturated rings. The molecule has 0 spiro atoms. The van der Waals surface area contributed by atoms with Gasteiger partial charge < -0.3 is 5.32 Å². The zero-order valence-corrected chi connectivity index (χ0v) is 14.2. The summed E-state index contributed by atoms with van der Waals surface area (Å²) < 4.78 is 0. The lowest BCUT2D eigenvalue weighted by molar-refractivity contribution is 0.982. The van der Waals surface area contributed by atoms with Gasteiger partial charge >= 0.3 is 0 Å². The Kier molecular flexibility index (Phi) is 4.47. The van der Waals surface area contributed by atoms with E-state index in [-0.39, 0.29) is 0 Å². The quantitative estimate of drug-likeness (QED) is 0.576. The number of allylic oxidation sites excluding steroid dienone is 4. The van der Waals surface area contributed by atoms with Crippen molar-refractivity contribution in [3.63, 3.8) is 0 Å². The highest BCUT2D eigenvalue weighted by atomic mass is 14.9. The summed E-state index contributed by atoms with van der Waals surface area (Å²) in [5.41, 5.74) is 7.63. The van der Waals surface area contributed by atoms with E-state index in [1.807, 2.05) is 0 Å². The molecule has 0 radical (unpaired) electrons. The van der Waals surface area contributed by atoms with Gasteiger partial charge in [-0.2, -0.15) is 0 Å². The molecule has 1 heteroatoms. The third-order valence-electron chi connectivity index (χ3n) is 4.60. The van der Waals surface area contributed by atoms with Crippen molar-refractivity contribution < 1.29 is 0 Å². The molecule has 0 saturated carbocycles. The van der Waals surface area contributed by atoms with E-state index in [2.05, 4.69) is 102 Å². The maximum atomic E-state index is 3.64. The van der Waals surface area contributed by atoms with E-state index in [1.165, 1.54) is 28.0 Å². The second-order valence-corrected chi connectivity index (χ2v) is 6.29. The topological polar surface area (TPSA) is 12.0 Å². The van der Waals surface area contributed by atoms with Crippen LogP contribution in [0.2, 0.25) is 0 Å². The molecule has 3 aromatic rings. The zero-order chi connectivity index (χ0) is 16.9. The number of hydrogen-bond donors (Lipinski definition) is 1. The molecule has 1 aliphatic rings. The van der Waals surface area contributed by atoms with Crippen LogP contribution >= 0.6 is 0 Å². The Balaban J connectivity index is 1.58. The van der Waals surface area contributed by atoms with Crippen molar-refractivity contribution in [3.05, 3.63) is 108 Å². The number of rotatable bonds is 4. The lowest BCUT2D eigenvalue weighted by atomic mass is 9.95. The minimum absolute atomic E-state index is 1.03. The first-order valence-electron chi connectivity index (χ1n) is 8.77. The second-order valence-electron chi connectivity index (χ2n) is 6.29. The monoisotopic (exact) mass is 323 g/mol. The zero-order valence-electron chi connectivity index (χ0n) is 14.2. The third-order valence-corrected chi connectivity index (χ3v) is 4.60. The molecule has 0 aliphatic heterocycles. The number of hydrogen-bond acceptors (Lipinski definition) is 1. The lowest BCUT2D eigenvalue weighted by Crippen LogP contribution is -2.04. The maximum Gasteiger partial charge on any atom is 0.0461 e. The van der Waals surface area contributed by atoms with Gasteiger partial charge in [-0.1, -0.05) is 84.9 Å². The Bertz CT molecular complexity index is 905. The van der Waals surface area contributed by atoms with Gasteiger partial charge in [0.05, 0.1) is 0 Å². The fourth-order valence-electron chi connectivity index (χ4n) is 3.27. The second kappa shape index (κ2) is 7.23. The van der Waals surface area contributed by atoms with Gasteiger partial charge in [0.2, 0.25) is 0 Å². The van der Waals surface area contributed by atoms with Gasteiger partial charge in [0.15, 0.2) is 0 Å².